The van der Waals surface area contributed by atoms with Crippen LogP contribution in [0.5, 0.6) is 0 Å². The molecule has 3 aromatic rings. The number of ketones is 1. The van der Waals surface area contributed by atoms with Crippen molar-refractivity contribution in [3.63, 3.8) is 0 Å². The van der Waals surface area contributed by atoms with Gasteiger partial charge in [0.1, 0.15) is 5.69 Å². The molecule has 1 aliphatic rings. The number of pyridine rings is 1. The molecular formula is C21H15ClF3N3O3. The van der Waals surface area contributed by atoms with Crippen LogP contribution in [0.15, 0.2) is 36.5 Å². The Morgan fingerprint density at radius 2 is 1.97 bits per heavy atom. The number of Topliss-reactive ketones (excluding diaryl/α,β-unsaturated/α-hetero) is 1. The molecule has 2 N–H and O–H groups in total. The number of carboxylic acids is 1. The molecule has 10 heteroatoms. The minimum Gasteiger partial charge on any atom is -0.477 e. The van der Waals surface area contributed by atoms with Gasteiger partial charge < -0.3 is 5.11 Å². The Balaban J connectivity index is 1.81. The number of hydrogen-bond donors (Lipinski definition) is 2. The number of hydrogen-bond acceptors (Lipinski definition) is 4. The van der Waals surface area contributed by atoms with Crippen molar-refractivity contribution in [2.45, 2.75) is 31.4 Å². The number of nitrogens with zero attached hydrogens (tertiary/aromatic N) is 2. The van der Waals surface area contributed by atoms with E-state index in [4.69, 9.17) is 16.7 Å². The van der Waals surface area contributed by atoms with Gasteiger partial charge in [-0.2, -0.15) is 18.3 Å². The van der Waals surface area contributed by atoms with E-state index in [-0.39, 0.29) is 10.7 Å². The van der Waals surface area contributed by atoms with Crippen molar-refractivity contribution in [3.05, 3.63) is 69.6 Å². The van der Waals surface area contributed by atoms with E-state index in [0.717, 1.165) is 12.1 Å². The third kappa shape index (κ3) is 3.81. The lowest BCUT2D eigenvalue weighted by atomic mass is 9.79. The fourth-order valence-corrected chi connectivity index (χ4v) is 4.18. The van der Waals surface area contributed by atoms with Gasteiger partial charge in [0.2, 0.25) is 0 Å². The maximum absolute atomic E-state index is 13.6. The number of benzene rings is 1. The van der Waals surface area contributed by atoms with Crippen molar-refractivity contribution in [3.8, 4) is 11.3 Å². The number of halogens is 4. The number of fused-ring (bicyclic) bond motifs is 1. The largest absolute Gasteiger partial charge is 0.477 e. The molecule has 31 heavy (non-hydrogen) atoms. The van der Waals surface area contributed by atoms with Crippen LogP contribution in [0, 0.1) is 0 Å². The highest BCUT2D eigenvalue weighted by molar-refractivity contribution is 6.34. The fraction of sp³-hybridized carbons (Fsp3) is 0.238. The Labute approximate surface area is 179 Å². The Bertz CT molecular complexity index is 1170. The summed E-state index contributed by atoms with van der Waals surface area (Å²) in [5.74, 6) is -2.80. The summed E-state index contributed by atoms with van der Waals surface area (Å²) < 4.78 is 40.7. The standard InChI is InChI=1S/C21H15ClF3N3O3/c22-13-5-2-4-12(21(23,24)25)17(13)19(29)11-3-1-6-14-16(11)18(28-27-14)10-7-8-15(20(30)31)26-9-10/h2,4-5,7-9,11H,1,3,6H2,(H,27,28)(H,30,31). The summed E-state index contributed by atoms with van der Waals surface area (Å²) in [6.45, 7) is 0. The second kappa shape index (κ2) is 7.81. The van der Waals surface area contributed by atoms with E-state index in [0.29, 0.717) is 41.8 Å². The van der Waals surface area contributed by atoms with E-state index in [1.807, 2.05) is 0 Å². The van der Waals surface area contributed by atoms with E-state index in [2.05, 4.69) is 15.2 Å². The van der Waals surface area contributed by atoms with Crippen molar-refractivity contribution in [1.82, 2.24) is 15.2 Å². The number of alkyl halides is 3. The zero-order chi connectivity index (χ0) is 22.3. The second-order valence-electron chi connectivity index (χ2n) is 7.17. The van der Waals surface area contributed by atoms with Crippen molar-refractivity contribution in [2.75, 3.05) is 0 Å². The molecule has 0 saturated carbocycles. The average Bonchev–Trinajstić information content (AvgIpc) is 3.17. The minimum absolute atomic E-state index is 0.160. The number of aromatic carboxylic acids is 1. The SMILES string of the molecule is O=C(O)c1ccc(-c2n[nH]c3c2C(C(=O)c2c(Cl)cccc2C(F)(F)F)CCC3)cn1. The summed E-state index contributed by atoms with van der Waals surface area (Å²) in [6.07, 6.45) is -1.91. The number of carboxylic acid groups (broad SMARTS) is 1. The summed E-state index contributed by atoms with van der Waals surface area (Å²) in [6, 6.07) is 6.06. The van der Waals surface area contributed by atoms with Crippen LogP contribution in [-0.4, -0.2) is 32.0 Å². The summed E-state index contributed by atoms with van der Waals surface area (Å²) in [4.78, 5) is 28.3. The molecule has 6 nitrogen and oxygen atoms in total. The maximum atomic E-state index is 13.6. The molecule has 0 saturated heterocycles. The first kappa shape index (κ1) is 21.0. The molecular weight excluding hydrogens is 435 g/mol. The molecule has 2 heterocycles. The monoisotopic (exact) mass is 449 g/mol. The van der Waals surface area contributed by atoms with Crippen LogP contribution >= 0.6 is 11.6 Å². The first-order valence-electron chi connectivity index (χ1n) is 9.35. The molecule has 1 atom stereocenters. The van der Waals surface area contributed by atoms with Crippen molar-refractivity contribution >= 4 is 23.4 Å². The van der Waals surface area contributed by atoms with Gasteiger partial charge in [-0.05, 0) is 43.5 Å². The summed E-state index contributed by atoms with van der Waals surface area (Å²) >= 11 is 6.04. The number of nitrogens with one attached hydrogen (secondary N) is 1. The van der Waals surface area contributed by atoms with E-state index in [1.54, 1.807) is 0 Å². The number of aromatic nitrogens is 3. The highest BCUT2D eigenvalue weighted by Gasteiger charge is 2.40. The zero-order valence-electron chi connectivity index (χ0n) is 15.8. The lowest BCUT2D eigenvalue weighted by molar-refractivity contribution is -0.137. The van der Waals surface area contributed by atoms with Gasteiger partial charge in [0.25, 0.3) is 0 Å². The van der Waals surface area contributed by atoms with Crippen LogP contribution in [0.25, 0.3) is 11.3 Å². The van der Waals surface area contributed by atoms with Gasteiger partial charge in [-0.25, -0.2) is 9.78 Å². The van der Waals surface area contributed by atoms with Crippen LogP contribution in [0.3, 0.4) is 0 Å². The molecule has 0 amide bonds. The second-order valence-corrected chi connectivity index (χ2v) is 7.58. The van der Waals surface area contributed by atoms with Crippen molar-refractivity contribution < 1.29 is 27.9 Å². The third-order valence-electron chi connectivity index (χ3n) is 5.29. The van der Waals surface area contributed by atoms with Crippen LogP contribution in [0.2, 0.25) is 5.02 Å². The van der Waals surface area contributed by atoms with Crippen molar-refractivity contribution in [2.24, 2.45) is 0 Å². The van der Waals surface area contributed by atoms with Gasteiger partial charge in [-0.15, -0.1) is 0 Å². The number of rotatable bonds is 4. The quantitative estimate of drug-likeness (QED) is 0.537. The predicted octanol–water partition coefficient (Wildman–Crippen LogP) is 5.14. The Hall–Kier alpha value is -3.20. The van der Waals surface area contributed by atoms with E-state index in [9.17, 15) is 22.8 Å². The van der Waals surface area contributed by atoms with Gasteiger partial charge >= 0.3 is 12.1 Å². The molecule has 1 aromatic carbocycles. The molecule has 0 aliphatic heterocycles. The van der Waals surface area contributed by atoms with Crippen LogP contribution < -0.4 is 0 Å². The lowest BCUT2D eigenvalue weighted by Crippen LogP contribution is -2.22. The van der Waals surface area contributed by atoms with Gasteiger partial charge in [0.05, 0.1) is 22.2 Å². The molecule has 0 fully saturated rings. The fourth-order valence-electron chi connectivity index (χ4n) is 3.91. The predicted molar refractivity (Wildman–Crippen MR) is 105 cm³/mol. The van der Waals surface area contributed by atoms with Crippen LogP contribution in [0.1, 0.15) is 56.4 Å². The maximum Gasteiger partial charge on any atom is 0.417 e. The molecule has 4 rings (SSSR count). The number of H-pyrrole nitrogens is 1. The Kier molecular flexibility index (Phi) is 5.30. The zero-order valence-corrected chi connectivity index (χ0v) is 16.6. The minimum atomic E-state index is -4.73. The molecule has 160 valence electrons. The Morgan fingerprint density at radius 3 is 2.61 bits per heavy atom. The number of aryl methyl sites for hydroxylation is 1. The Morgan fingerprint density at radius 1 is 1.19 bits per heavy atom. The van der Waals surface area contributed by atoms with E-state index >= 15 is 0 Å². The van der Waals surface area contributed by atoms with Gasteiger partial charge in [0.15, 0.2) is 5.78 Å². The first-order chi connectivity index (χ1) is 14.7. The molecule has 2 aromatic heterocycles. The number of aromatic amines is 1. The van der Waals surface area contributed by atoms with Gasteiger partial charge in [-0.3, -0.25) is 9.89 Å². The molecule has 0 bridgehead atoms. The molecule has 0 radical (unpaired) electrons. The highest BCUT2D eigenvalue weighted by atomic mass is 35.5. The summed E-state index contributed by atoms with van der Waals surface area (Å²) in [5, 5.41) is 15.9. The normalized spacial score (nSPS) is 16.1. The summed E-state index contributed by atoms with van der Waals surface area (Å²) in [5.41, 5.74) is 0.175. The topological polar surface area (TPSA) is 95.9 Å². The van der Waals surface area contributed by atoms with Gasteiger partial charge in [-0.1, -0.05) is 17.7 Å². The highest BCUT2D eigenvalue weighted by Crippen LogP contribution is 2.43. The van der Waals surface area contributed by atoms with E-state index in [1.165, 1.54) is 24.4 Å². The summed E-state index contributed by atoms with van der Waals surface area (Å²) in [7, 11) is 0. The van der Waals surface area contributed by atoms with E-state index < -0.39 is 35.0 Å². The van der Waals surface area contributed by atoms with Crippen LogP contribution in [0.4, 0.5) is 13.2 Å². The average molecular weight is 450 g/mol. The third-order valence-corrected chi connectivity index (χ3v) is 5.60. The van der Waals surface area contributed by atoms with Crippen LogP contribution in [-0.2, 0) is 12.6 Å². The smallest absolute Gasteiger partial charge is 0.417 e. The number of carbonyl (C=O) groups excluding carboxylic acids is 1. The molecule has 1 aliphatic carbocycles. The first-order valence-corrected chi connectivity index (χ1v) is 9.73. The lowest BCUT2D eigenvalue weighted by Gasteiger charge is -2.24. The molecule has 1 unspecified atom stereocenters. The van der Waals surface area contributed by atoms with Gasteiger partial charge in [0, 0.05) is 28.6 Å². The molecule has 0 spiro atoms. The number of carbonyl (C=O) groups is 2. The van der Waals surface area contributed by atoms with Crippen molar-refractivity contribution in [1.29, 1.82) is 0 Å².